The Labute approximate surface area is 144 Å². The monoisotopic (exact) mass is 337 g/mol. The Hall–Kier alpha value is -1.66. The lowest BCUT2D eigenvalue weighted by atomic mass is 9.93. The van der Waals surface area contributed by atoms with Crippen molar-refractivity contribution in [3.8, 4) is 0 Å². The lowest BCUT2D eigenvalue weighted by molar-refractivity contribution is -0.000567. The van der Waals surface area contributed by atoms with Crippen LogP contribution in [0, 0.1) is 5.92 Å². The van der Waals surface area contributed by atoms with E-state index < -0.39 is 23.8 Å². The van der Waals surface area contributed by atoms with Gasteiger partial charge in [0.2, 0.25) is 0 Å². The van der Waals surface area contributed by atoms with Gasteiger partial charge in [0.15, 0.2) is 0 Å². The van der Waals surface area contributed by atoms with Crippen LogP contribution >= 0.6 is 0 Å². The number of aromatic nitrogens is 1. The fraction of sp³-hybridized carbons (Fsp3) is 0.667. The summed E-state index contributed by atoms with van der Waals surface area (Å²) < 4.78 is 0. The van der Waals surface area contributed by atoms with Crippen LogP contribution in [0.2, 0.25) is 0 Å². The van der Waals surface area contributed by atoms with E-state index in [4.69, 9.17) is 0 Å². The van der Waals surface area contributed by atoms with Crippen molar-refractivity contribution in [3.63, 3.8) is 0 Å². The van der Waals surface area contributed by atoms with Crippen LogP contribution in [0.15, 0.2) is 24.5 Å². The van der Waals surface area contributed by atoms with E-state index in [0.29, 0.717) is 19.5 Å². The SMILES string of the molecule is CC(C)C[C@@H]([C@H](O)CNCc1cccnc1)N(C(=O)O)C(C)(C)C. The molecule has 0 aliphatic carbocycles. The predicted octanol–water partition coefficient (Wildman–Crippen LogP) is 2.73. The molecule has 0 spiro atoms. The number of nitrogens with zero attached hydrogens (tertiary/aromatic N) is 2. The molecule has 0 aliphatic heterocycles. The maximum Gasteiger partial charge on any atom is 0.408 e. The zero-order valence-corrected chi connectivity index (χ0v) is 15.4. The lowest BCUT2D eigenvalue weighted by Gasteiger charge is -2.42. The van der Waals surface area contributed by atoms with Gasteiger partial charge in [-0.25, -0.2) is 4.79 Å². The molecule has 0 aliphatic rings. The largest absolute Gasteiger partial charge is 0.465 e. The summed E-state index contributed by atoms with van der Waals surface area (Å²) in [5, 5.41) is 23.5. The topological polar surface area (TPSA) is 85.7 Å². The molecule has 1 heterocycles. The number of hydrogen-bond donors (Lipinski definition) is 3. The highest BCUT2D eigenvalue weighted by molar-refractivity contribution is 5.66. The molecule has 3 N–H and O–H groups in total. The Morgan fingerprint density at radius 1 is 1.38 bits per heavy atom. The van der Waals surface area contributed by atoms with Crippen molar-refractivity contribution >= 4 is 6.09 Å². The molecule has 0 radical (unpaired) electrons. The van der Waals surface area contributed by atoms with Gasteiger partial charge in [0.1, 0.15) is 0 Å². The van der Waals surface area contributed by atoms with E-state index >= 15 is 0 Å². The zero-order valence-electron chi connectivity index (χ0n) is 15.4. The first-order valence-corrected chi connectivity index (χ1v) is 8.43. The fourth-order valence-corrected chi connectivity index (χ4v) is 2.85. The van der Waals surface area contributed by atoms with Gasteiger partial charge in [0, 0.05) is 31.0 Å². The van der Waals surface area contributed by atoms with Gasteiger partial charge in [-0.15, -0.1) is 0 Å². The number of amides is 1. The number of aliphatic hydroxyl groups excluding tert-OH is 1. The number of hydrogen-bond acceptors (Lipinski definition) is 4. The van der Waals surface area contributed by atoms with Crippen molar-refractivity contribution in [1.82, 2.24) is 15.2 Å². The number of carboxylic acid groups (broad SMARTS) is 1. The minimum atomic E-state index is -1.00. The van der Waals surface area contributed by atoms with Crippen LogP contribution in [-0.2, 0) is 6.54 Å². The smallest absolute Gasteiger partial charge is 0.408 e. The third kappa shape index (κ3) is 6.45. The average Bonchev–Trinajstić information content (AvgIpc) is 2.45. The van der Waals surface area contributed by atoms with Gasteiger partial charge in [0.25, 0.3) is 0 Å². The molecule has 1 aromatic rings. The molecule has 0 saturated carbocycles. The van der Waals surface area contributed by atoms with Crippen LogP contribution in [0.3, 0.4) is 0 Å². The van der Waals surface area contributed by atoms with Crippen molar-refractivity contribution in [2.75, 3.05) is 6.54 Å². The van der Waals surface area contributed by atoms with Gasteiger partial charge in [-0.1, -0.05) is 19.9 Å². The van der Waals surface area contributed by atoms with Gasteiger partial charge in [-0.05, 0) is 44.7 Å². The molecule has 0 aromatic carbocycles. The third-order valence-electron chi connectivity index (χ3n) is 3.82. The van der Waals surface area contributed by atoms with E-state index in [0.717, 1.165) is 5.56 Å². The van der Waals surface area contributed by atoms with Crippen molar-refractivity contribution in [3.05, 3.63) is 30.1 Å². The molecule has 2 atom stereocenters. The molecule has 1 aromatic heterocycles. The van der Waals surface area contributed by atoms with E-state index in [2.05, 4.69) is 10.3 Å². The van der Waals surface area contributed by atoms with E-state index in [-0.39, 0.29) is 5.92 Å². The van der Waals surface area contributed by atoms with Crippen LogP contribution in [-0.4, -0.2) is 50.4 Å². The molecule has 24 heavy (non-hydrogen) atoms. The zero-order chi connectivity index (χ0) is 18.3. The van der Waals surface area contributed by atoms with Crippen molar-refractivity contribution in [2.45, 2.75) is 65.3 Å². The van der Waals surface area contributed by atoms with Gasteiger partial charge in [0.05, 0.1) is 12.1 Å². The first-order chi connectivity index (χ1) is 11.1. The number of aliphatic hydroxyl groups is 1. The lowest BCUT2D eigenvalue weighted by Crippen LogP contribution is -2.57. The summed E-state index contributed by atoms with van der Waals surface area (Å²) in [5.41, 5.74) is 0.450. The maximum atomic E-state index is 11.8. The highest BCUT2D eigenvalue weighted by atomic mass is 16.4. The Kier molecular flexibility index (Phi) is 7.63. The summed E-state index contributed by atoms with van der Waals surface area (Å²) in [6.45, 7) is 10.5. The number of pyridine rings is 1. The summed E-state index contributed by atoms with van der Waals surface area (Å²) in [7, 11) is 0. The maximum absolute atomic E-state index is 11.8. The number of rotatable bonds is 8. The highest BCUT2D eigenvalue weighted by Crippen LogP contribution is 2.24. The van der Waals surface area contributed by atoms with Crippen molar-refractivity contribution in [1.29, 1.82) is 0 Å². The van der Waals surface area contributed by atoms with Gasteiger partial charge in [-0.2, -0.15) is 0 Å². The summed E-state index contributed by atoms with van der Waals surface area (Å²) in [4.78, 5) is 17.2. The van der Waals surface area contributed by atoms with Crippen LogP contribution < -0.4 is 5.32 Å². The van der Waals surface area contributed by atoms with Gasteiger partial charge in [-0.3, -0.25) is 9.88 Å². The van der Waals surface area contributed by atoms with Gasteiger partial charge >= 0.3 is 6.09 Å². The quantitative estimate of drug-likeness (QED) is 0.679. The van der Waals surface area contributed by atoms with E-state index in [1.54, 1.807) is 12.4 Å². The average molecular weight is 337 g/mol. The Morgan fingerprint density at radius 3 is 2.50 bits per heavy atom. The Balaban J connectivity index is 2.76. The molecular weight excluding hydrogens is 306 g/mol. The molecule has 0 bridgehead atoms. The van der Waals surface area contributed by atoms with E-state index in [1.165, 1.54) is 4.90 Å². The molecule has 0 unspecified atom stereocenters. The van der Waals surface area contributed by atoms with Crippen LogP contribution in [0.4, 0.5) is 4.79 Å². The molecular formula is C18H31N3O3. The summed E-state index contributed by atoms with van der Waals surface area (Å²) in [6, 6.07) is 3.36. The minimum Gasteiger partial charge on any atom is -0.465 e. The van der Waals surface area contributed by atoms with Crippen LogP contribution in [0.5, 0.6) is 0 Å². The first-order valence-electron chi connectivity index (χ1n) is 8.43. The highest BCUT2D eigenvalue weighted by Gasteiger charge is 2.37. The standard InChI is InChI=1S/C18H31N3O3/c1-13(2)9-15(21(17(23)24)18(3,4)5)16(22)12-20-11-14-7-6-8-19-10-14/h6-8,10,13,15-16,20,22H,9,11-12H2,1-5H3,(H,23,24)/t15-,16+/m0/s1. The Bertz CT molecular complexity index is 500. The molecule has 1 rings (SSSR count). The van der Waals surface area contributed by atoms with E-state index in [9.17, 15) is 15.0 Å². The molecule has 6 heteroatoms. The van der Waals surface area contributed by atoms with E-state index in [1.807, 2.05) is 46.8 Å². The van der Waals surface area contributed by atoms with Gasteiger partial charge < -0.3 is 15.5 Å². The number of nitrogens with one attached hydrogen (secondary N) is 1. The van der Waals surface area contributed by atoms with Crippen molar-refractivity contribution < 1.29 is 15.0 Å². The summed E-state index contributed by atoms with van der Waals surface area (Å²) >= 11 is 0. The summed E-state index contributed by atoms with van der Waals surface area (Å²) in [5.74, 6) is 0.284. The number of carbonyl (C=O) groups is 1. The predicted molar refractivity (Wildman–Crippen MR) is 94.8 cm³/mol. The third-order valence-corrected chi connectivity index (χ3v) is 3.82. The second-order valence-corrected chi connectivity index (χ2v) is 7.58. The second kappa shape index (κ2) is 8.99. The molecule has 0 saturated heterocycles. The second-order valence-electron chi connectivity index (χ2n) is 7.58. The Morgan fingerprint density at radius 2 is 2.04 bits per heavy atom. The molecule has 0 fully saturated rings. The fourth-order valence-electron chi connectivity index (χ4n) is 2.85. The normalized spacial score (nSPS) is 14.5. The minimum absolute atomic E-state index is 0.284. The molecule has 6 nitrogen and oxygen atoms in total. The molecule has 1 amide bonds. The molecule has 136 valence electrons. The van der Waals surface area contributed by atoms with Crippen molar-refractivity contribution in [2.24, 2.45) is 5.92 Å². The summed E-state index contributed by atoms with van der Waals surface area (Å²) in [6.07, 6.45) is 2.31. The van der Waals surface area contributed by atoms with Crippen LogP contribution in [0.25, 0.3) is 0 Å². The first kappa shape index (κ1) is 20.4. The van der Waals surface area contributed by atoms with Crippen LogP contribution in [0.1, 0.15) is 46.6 Å².